The van der Waals surface area contributed by atoms with E-state index in [-0.39, 0.29) is 16.1 Å². The van der Waals surface area contributed by atoms with E-state index in [1.807, 2.05) is 0 Å². The fourth-order valence-corrected chi connectivity index (χ4v) is 11.3. The normalized spacial score (nSPS) is 18.3. The minimum atomic E-state index is -2.65. The number of nitrogens with zero attached hydrogens (tertiary/aromatic N) is 1. The summed E-state index contributed by atoms with van der Waals surface area (Å²) in [6.45, 7) is 21.9. The SMILES string of the molecule is COCOC/C=C\[C@H](CO[Si](c1ccccc1)(c1ccccc1)C(C)(C)C)N1CCC[C@H]1CO[Si](C)(C)C(C)(C)C. The summed E-state index contributed by atoms with van der Waals surface area (Å²) in [6.07, 6.45) is 6.74. The predicted octanol–water partition coefficient (Wildman–Crippen LogP) is 6.59. The molecule has 0 radical (unpaired) electrons. The van der Waals surface area contributed by atoms with Gasteiger partial charge in [0.05, 0.1) is 19.3 Å². The summed E-state index contributed by atoms with van der Waals surface area (Å²) in [5, 5.41) is 2.75. The zero-order valence-electron chi connectivity index (χ0n) is 27.1. The molecule has 0 saturated carbocycles. The number of ether oxygens (including phenoxy) is 2. The molecule has 0 aromatic heterocycles. The van der Waals surface area contributed by atoms with Crippen molar-refractivity contribution in [1.82, 2.24) is 4.90 Å². The van der Waals surface area contributed by atoms with Crippen molar-refractivity contribution in [2.24, 2.45) is 0 Å². The fourth-order valence-electron chi connectivity index (χ4n) is 5.64. The Morgan fingerprint density at radius 3 is 1.98 bits per heavy atom. The van der Waals surface area contributed by atoms with Gasteiger partial charge in [0.15, 0.2) is 8.32 Å². The van der Waals surface area contributed by atoms with Gasteiger partial charge < -0.3 is 18.3 Å². The van der Waals surface area contributed by atoms with Gasteiger partial charge in [-0.1, -0.05) is 114 Å². The Balaban J connectivity index is 1.94. The summed E-state index contributed by atoms with van der Waals surface area (Å²) in [6, 6.07) is 22.3. The monoisotopic (exact) mass is 597 g/mol. The van der Waals surface area contributed by atoms with Crippen molar-refractivity contribution in [3.8, 4) is 0 Å². The zero-order valence-corrected chi connectivity index (χ0v) is 29.1. The van der Waals surface area contributed by atoms with Crippen LogP contribution in [-0.2, 0) is 18.3 Å². The molecule has 0 spiro atoms. The molecule has 7 heteroatoms. The van der Waals surface area contributed by atoms with E-state index in [0.29, 0.717) is 26.0 Å². The van der Waals surface area contributed by atoms with Crippen LogP contribution < -0.4 is 10.4 Å². The molecule has 0 N–H and O–H groups in total. The molecule has 0 unspecified atom stereocenters. The molecule has 2 aromatic rings. The molecular formula is C34H55NO4Si2. The van der Waals surface area contributed by atoms with Crippen molar-refractivity contribution in [1.29, 1.82) is 0 Å². The lowest BCUT2D eigenvalue weighted by Gasteiger charge is -2.44. The van der Waals surface area contributed by atoms with Crippen LogP contribution in [-0.4, -0.2) is 73.9 Å². The summed E-state index contributed by atoms with van der Waals surface area (Å²) >= 11 is 0. The van der Waals surface area contributed by atoms with Crippen LogP contribution in [0.5, 0.6) is 0 Å². The van der Waals surface area contributed by atoms with E-state index >= 15 is 0 Å². The quantitative estimate of drug-likeness (QED) is 0.106. The second-order valence-electron chi connectivity index (χ2n) is 13.9. The van der Waals surface area contributed by atoms with E-state index < -0.39 is 16.6 Å². The van der Waals surface area contributed by atoms with Crippen LogP contribution in [0, 0.1) is 0 Å². The Morgan fingerprint density at radius 1 is 0.878 bits per heavy atom. The van der Waals surface area contributed by atoms with Gasteiger partial charge in [0.25, 0.3) is 8.32 Å². The van der Waals surface area contributed by atoms with E-state index in [0.717, 1.165) is 19.6 Å². The summed E-state index contributed by atoms with van der Waals surface area (Å²) in [5.74, 6) is 0. The summed E-state index contributed by atoms with van der Waals surface area (Å²) < 4.78 is 24.9. The van der Waals surface area contributed by atoms with Crippen molar-refractivity contribution in [3.63, 3.8) is 0 Å². The van der Waals surface area contributed by atoms with Crippen molar-refractivity contribution in [2.45, 2.75) is 89.6 Å². The number of methoxy groups -OCH3 is 1. The van der Waals surface area contributed by atoms with Gasteiger partial charge in [-0.25, -0.2) is 0 Å². The molecule has 2 atom stereocenters. The Kier molecular flexibility index (Phi) is 12.2. The molecule has 1 fully saturated rings. The van der Waals surface area contributed by atoms with E-state index in [4.69, 9.17) is 18.3 Å². The van der Waals surface area contributed by atoms with Crippen molar-refractivity contribution < 1.29 is 18.3 Å². The second kappa shape index (κ2) is 14.7. The molecular weight excluding hydrogens is 543 g/mol. The molecule has 0 amide bonds. The molecule has 1 aliphatic heterocycles. The van der Waals surface area contributed by atoms with Crippen LogP contribution in [0.2, 0.25) is 23.2 Å². The van der Waals surface area contributed by atoms with E-state index in [1.165, 1.54) is 16.8 Å². The first-order valence-electron chi connectivity index (χ1n) is 15.2. The molecule has 0 bridgehead atoms. The Morgan fingerprint density at radius 2 is 1.46 bits per heavy atom. The number of hydrogen-bond donors (Lipinski definition) is 0. The summed E-state index contributed by atoms with van der Waals surface area (Å²) in [5.41, 5.74) is 0. The maximum Gasteiger partial charge on any atom is 0.261 e. The molecule has 0 aliphatic carbocycles. The predicted molar refractivity (Wildman–Crippen MR) is 177 cm³/mol. The second-order valence-corrected chi connectivity index (χ2v) is 23.0. The maximum absolute atomic E-state index is 7.42. The first kappa shape index (κ1) is 33.9. The highest BCUT2D eigenvalue weighted by Crippen LogP contribution is 2.38. The molecule has 1 saturated heterocycles. The molecule has 5 nitrogen and oxygen atoms in total. The van der Waals surface area contributed by atoms with Crippen LogP contribution in [0.1, 0.15) is 54.4 Å². The van der Waals surface area contributed by atoms with E-state index in [9.17, 15) is 0 Å². The van der Waals surface area contributed by atoms with Gasteiger partial charge in [-0.2, -0.15) is 0 Å². The first-order chi connectivity index (χ1) is 19.3. The van der Waals surface area contributed by atoms with Crippen LogP contribution in [0.15, 0.2) is 72.8 Å². The number of rotatable bonds is 14. The highest BCUT2D eigenvalue weighted by atomic mass is 28.4. The molecule has 1 aliphatic rings. The van der Waals surface area contributed by atoms with Gasteiger partial charge >= 0.3 is 0 Å². The first-order valence-corrected chi connectivity index (χ1v) is 20.0. The molecule has 41 heavy (non-hydrogen) atoms. The third-order valence-corrected chi connectivity index (χ3v) is 18.5. The lowest BCUT2D eigenvalue weighted by molar-refractivity contribution is -0.0188. The lowest BCUT2D eigenvalue weighted by Crippen LogP contribution is -2.67. The van der Waals surface area contributed by atoms with Crippen LogP contribution in [0.25, 0.3) is 0 Å². The average Bonchev–Trinajstić information content (AvgIpc) is 3.39. The van der Waals surface area contributed by atoms with Crippen LogP contribution in [0.4, 0.5) is 0 Å². The van der Waals surface area contributed by atoms with E-state index in [1.54, 1.807) is 7.11 Å². The minimum absolute atomic E-state index is 0.0681. The largest absolute Gasteiger partial charge is 0.415 e. The number of likely N-dealkylation sites (tertiary alicyclic amines) is 1. The number of hydrogen-bond acceptors (Lipinski definition) is 5. The number of benzene rings is 2. The molecule has 2 aromatic carbocycles. The Hall–Kier alpha value is -1.59. The highest BCUT2D eigenvalue weighted by Gasteiger charge is 2.50. The summed E-state index contributed by atoms with van der Waals surface area (Å²) in [7, 11) is -2.84. The summed E-state index contributed by atoms with van der Waals surface area (Å²) in [4.78, 5) is 2.62. The van der Waals surface area contributed by atoms with E-state index in [2.05, 4.69) is 132 Å². The standard InChI is InChI=1S/C34H55NO4Si2/c1-33(2,3)40(8,9)38-26-29-18-16-24-35(29)30(19-17-25-37-28-36-7)27-39-41(34(4,5)6,31-20-12-10-13-21-31)32-22-14-11-15-23-32/h10-15,17,19-23,29-30H,16,18,24-28H2,1-9H3/b19-17-/t29-,30+/m0/s1. The molecule has 228 valence electrons. The smallest absolute Gasteiger partial charge is 0.261 e. The fraction of sp³-hybridized carbons (Fsp3) is 0.588. The van der Waals surface area contributed by atoms with Gasteiger partial charge in [-0.15, -0.1) is 0 Å². The third kappa shape index (κ3) is 8.50. The van der Waals surface area contributed by atoms with Gasteiger partial charge in [0.2, 0.25) is 0 Å². The molecule has 3 rings (SSSR count). The molecule has 1 heterocycles. The Bertz CT molecular complexity index is 1020. The van der Waals surface area contributed by atoms with Gasteiger partial charge in [-0.3, -0.25) is 4.90 Å². The lowest BCUT2D eigenvalue weighted by atomic mass is 10.2. The topological polar surface area (TPSA) is 40.2 Å². The highest BCUT2D eigenvalue weighted by molar-refractivity contribution is 6.99. The zero-order chi connectivity index (χ0) is 30.2. The van der Waals surface area contributed by atoms with Crippen LogP contribution in [0.3, 0.4) is 0 Å². The maximum atomic E-state index is 7.42. The van der Waals surface area contributed by atoms with Crippen molar-refractivity contribution >= 4 is 27.0 Å². The van der Waals surface area contributed by atoms with Crippen molar-refractivity contribution in [2.75, 3.05) is 40.3 Å². The van der Waals surface area contributed by atoms with Crippen molar-refractivity contribution in [3.05, 3.63) is 72.8 Å². The minimum Gasteiger partial charge on any atom is -0.415 e. The van der Waals surface area contributed by atoms with Crippen LogP contribution >= 0.6 is 0 Å². The van der Waals surface area contributed by atoms with Gasteiger partial charge in [0, 0.05) is 19.8 Å². The third-order valence-electron chi connectivity index (χ3n) is 8.95. The van der Waals surface area contributed by atoms with Gasteiger partial charge in [-0.05, 0) is 52.9 Å². The van der Waals surface area contributed by atoms with Gasteiger partial charge in [0.1, 0.15) is 6.79 Å². The Labute approximate surface area is 252 Å². The average molecular weight is 598 g/mol.